The highest BCUT2D eigenvalue weighted by molar-refractivity contribution is 9.10. The molecule has 0 unspecified atom stereocenters. The normalized spacial score (nSPS) is 18.5. The van der Waals surface area contributed by atoms with Crippen molar-refractivity contribution in [3.63, 3.8) is 0 Å². The topological polar surface area (TPSA) is 110 Å². The largest absolute Gasteiger partial charge is 0.337 e. The number of nitrogens with one attached hydrogen (secondary N) is 1. The zero-order valence-corrected chi connectivity index (χ0v) is 25.0. The van der Waals surface area contributed by atoms with Gasteiger partial charge in [0.2, 0.25) is 11.8 Å². The summed E-state index contributed by atoms with van der Waals surface area (Å²) in [5.74, 6) is 0.525. The summed E-state index contributed by atoms with van der Waals surface area (Å²) < 4.78 is 2.39. The van der Waals surface area contributed by atoms with Gasteiger partial charge in [0.1, 0.15) is 28.8 Å². The lowest BCUT2D eigenvalue weighted by molar-refractivity contribution is -0.138. The molecule has 4 aromatic rings. The van der Waals surface area contributed by atoms with Crippen molar-refractivity contribution in [2.75, 3.05) is 5.32 Å². The first-order chi connectivity index (χ1) is 19.6. The average molecular weight is 616 g/mol. The number of hydrogen-bond acceptors (Lipinski definition) is 6. The Bertz CT molecular complexity index is 1680. The molecule has 4 heterocycles. The third-order valence-electron chi connectivity index (χ3n) is 7.65. The summed E-state index contributed by atoms with van der Waals surface area (Å²) in [4.78, 5) is 54.6. The third-order valence-corrected chi connectivity index (χ3v) is 8.09. The van der Waals surface area contributed by atoms with E-state index in [0.717, 1.165) is 27.6 Å². The molecule has 3 atom stereocenters. The molecular weight excluding hydrogens is 584 g/mol. The molecule has 210 valence electrons. The second-order valence-corrected chi connectivity index (χ2v) is 11.3. The number of Topliss-reactive ketones (excluding diaryl/α,β-unsaturated/α-hetero) is 1. The summed E-state index contributed by atoms with van der Waals surface area (Å²) in [6, 6.07) is 8.42. The summed E-state index contributed by atoms with van der Waals surface area (Å²) in [6.45, 7) is 11.1. The number of ketones is 1. The second kappa shape index (κ2) is 11.4. The number of carbonyl (C=O) groups excluding carboxylic acids is 3. The number of nitrogens with zero attached hydrogens (tertiary/aromatic N) is 5. The van der Waals surface area contributed by atoms with Crippen molar-refractivity contribution >= 4 is 50.2 Å². The van der Waals surface area contributed by atoms with E-state index >= 15 is 0 Å². The number of amides is 2. The van der Waals surface area contributed by atoms with Crippen LogP contribution in [0.25, 0.3) is 22.0 Å². The number of fused-ring (bicyclic) bond motifs is 1. The molecule has 0 saturated carbocycles. The van der Waals surface area contributed by atoms with Gasteiger partial charge in [-0.1, -0.05) is 25.1 Å². The predicted octanol–water partition coefficient (Wildman–Crippen LogP) is 5.51. The molecule has 1 aliphatic heterocycles. The van der Waals surface area contributed by atoms with Gasteiger partial charge in [-0.2, -0.15) is 0 Å². The molecule has 1 N–H and O–H groups in total. The fraction of sp³-hybridized carbons (Fsp3) is 0.290. The molecule has 10 heteroatoms. The van der Waals surface area contributed by atoms with E-state index in [-0.39, 0.29) is 36.1 Å². The lowest BCUT2D eigenvalue weighted by Crippen LogP contribution is -2.48. The molecule has 0 aliphatic carbocycles. The van der Waals surface area contributed by atoms with E-state index in [0.29, 0.717) is 28.2 Å². The number of anilines is 1. The van der Waals surface area contributed by atoms with E-state index in [2.05, 4.69) is 42.8 Å². The number of pyridine rings is 1. The zero-order valence-electron chi connectivity index (χ0n) is 23.4. The Labute approximate surface area is 246 Å². The Kier molecular flexibility index (Phi) is 7.86. The van der Waals surface area contributed by atoms with Crippen molar-refractivity contribution in [2.45, 2.75) is 52.7 Å². The molecule has 2 amide bonds. The van der Waals surface area contributed by atoms with Crippen LogP contribution in [-0.2, 0) is 16.1 Å². The van der Waals surface area contributed by atoms with Gasteiger partial charge in [-0.3, -0.25) is 14.4 Å². The number of rotatable bonds is 7. The van der Waals surface area contributed by atoms with Crippen LogP contribution >= 0.6 is 15.9 Å². The Morgan fingerprint density at radius 1 is 1.12 bits per heavy atom. The summed E-state index contributed by atoms with van der Waals surface area (Å²) in [6.07, 6.45) is 7.43. The minimum Gasteiger partial charge on any atom is -0.337 e. The second-order valence-electron chi connectivity index (χ2n) is 10.5. The van der Waals surface area contributed by atoms with Gasteiger partial charge in [-0.05, 0) is 78.4 Å². The molecule has 1 aliphatic rings. The number of aromatic nitrogens is 4. The van der Waals surface area contributed by atoms with Gasteiger partial charge < -0.3 is 14.8 Å². The molecule has 0 spiro atoms. The molecular formula is C31H31BrN6O3. The summed E-state index contributed by atoms with van der Waals surface area (Å²) in [7, 11) is 0. The van der Waals surface area contributed by atoms with Crippen LogP contribution in [0.1, 0.15) is 42.0 Å². The van der Waals surface area contributed by atoms with E-state index < -0.39 is 6.04 Å². The maximum absolute atomic E-state index is 13.9. The summed E-state index contributed by atoms with van der Waals surface area (Å²) >= 11 is 3.35. The lowest BCUT2D eigenvalue weighted by Gasteiger charge is -2.29. The van der Waals surface area contributed by atoms with Gasteiger partial charge in [0.05, 0.1) is 6.04 Å². The summed E-state index contributed by atoms with van der Waals surface area (Å²) in [5, 5.41) is 3.65. The maximum atomic E-state index is 13.9. The van der Waals surface area contributed by atoms with E-state index in [9.17, 15) is 14.4 Å². The number of carbonyl (C=O) groups is 3. The van der Waals surface area contributed by atoms with Gasteiger partial charge in [0.15, 0.2) is 5.78 Å². The van der Waals surface area contributed by atoms with Crippen LogP contribution in [0.2, 0.25) is 0 Å². The molecule has 5 rings (SSSR count). The van der Waals surface area contributed by atoms with E-state index in [1.54, 1.807) is 40.2 Å². The van der Waals surface area contributed by atoms with Crippen molar-refractivity contribution in [1.29, 1.82) is 0 Å². The van der Waals surface area contributed by atoms with Crippen molar-refractivity contribution in [1.82, 2.24) is 24.4 Å². The highest BCUT2D eigenvalue weighted by atomic mass is 79.9. The Balaban J connectivity index is 1.46. The lowest BCUT2D eigenvalue weighted by atomic mass is 10.0. The van der Waals surface area contributed by atoms with Crippen molar-refractivity contribution in [3.05, 3.63) is 83.1 Å². The Morgan fingerprint density at radius 3 is 2.54 bits per heavy atom. The Hall–Kier alpha value is -4.18. The van der Waals surface area contributed by atoms with E-state index in [4.69, 9.17) is 0 Å². The third kappa shape index (κ3) is 5.56. The highest BCUT2D eigenvalue weighted by Crippen LogP contribution is 2.33. The van der Waals surface area contributed by atoms with Crippen LogP contribution in [0.5, 0.6) is 0 Å². The van der Waals surface area contributed by atoms with Gasteiger partial charge in [-0.15, -0.1) is 6.58 Å². The first kappa shape index (κ1) is 28.4. The zero-order chi connectivity index (χ0) is 29.4. The van der Waals surface area contributed by atoms with Gasteiger partial charge in [-0.25, -0.2) is 15.0 Å². The van der Waals surface area contributed by atoms with Crippen molar-refractivity contribution in [2.24, 2.45) is 5.92 Å². The van der Waals surface area contributed by atoms with Gasteiger partial charge >= 0.3 is 0 Å². The SMILES string of the molecule is C=C[C@@H]1[C@@H](C)C[C@@H](C(=O)Nc2nc(Br)ccc2C)N1C(=O)Cn1cc(C(C)=O)c2cc(-c3cnc(C)nc3)ccc21. The molecule has 0 bridgehead atoms. The van der Waals surface area contributed by atoms with Crippen molar-refractivity contribution in [3.8, 4) is 11.1 Å². The molecule has 41 heavy (non-hydrogen) atoms. The molecule has 1 saturated heterocycles. The van der Waals surface area contributed by atoms with Crippen LogP contribution in [0.4, 0.5) is 5.82 Å². The Morgan fingerprint density at radius 2 is 1.85 bits per heavy atom. The number of aryl methyl sites for hydroxylation is 2. The first-order valence-corrected chi connectivity index (χ1v) is 14.2. The molecule has 9 nitrogen and oxygen atoms in total. The van der Waals surface area contributed by atoms with Crippen LogP contribution in [0, 0.1) is 19.8 Å². The predicted molar refractivity (Wildman–Crippen MR) is 161 cm³/mol. The summed E-state index contributed by atoms with van der Waals surface area (Å²) in [5.41, 5.74) is 3.79. The quantitative estimate of drug-likeness (QED) is 0.167. The van der Waals surface area contributed by atoms with Crippen LogP contribution in [-0.4, -0.2) is 54.1 Å². The molecule has 3 aromatic heterocycles. The van der Waals surface area contributed by atoms with E-state index in [1.165, 1.54) is 6.92 Å². The minimum absolute atomic E-state index is 0.0359. The molecule has 1 fully saturated rings. The van der Waals surface area contributed by atoms with Crippen LogP contribution in [0.3, 0.4) is 0 Å². The standard InChI is InChI=1S/C31H31BrN6O3/c1-6-25-18(3)11-27(31(41)36-30-17(2)7-10-28(32)35-30)38(25)29(40)16-37-15-24(19(4)39)23-12-21(8-9-26(23)37)22-13-33-20(5)34-14-22/h6-10,12-15,18,25,27H,1,11,16H2,2-5H3,(H,35,36,41)/t18-,25+,27-/m0/s1. The first-order valence-electron chi connectivity index (χ1n) is 13.4. The monoisotopic (exact) mass is 614 g/mol. The average Bonchev–Trinajstić information content (AvgIpc) is 3.48. The smallest absolute Gasteiger partial charge is 0.248 e. The highest BCUT2D eigenvalue weighted by Gasteiger charge is 2.44. The van der Waals surface area contributed by atoms with Gasteiger partial charge in [0.25, 0.3) is 0 Å². The van der Waals surface area contributed by atoms with Crippen LogP contribution < -0.4 is 5.32 Å². The van der Waals surface area contributed by atoms with Crippen LogP contribution in [0.15, 0.2) is 66.2 Å². The van der Waals surface area contributed by atoms with Gasteiger partial charge in [0, 0.05) is 40.6 Å². The minimum atomic E-state index is -0.692. The number of benzene rings is 1. The molecule has 0 radical (unpaired) electrons. The molecule has 1 aromatic carbocycles. The number of likely N-dealkylation sites (tertiary alicyclic amines) is 1. The fourth-order valence-electron chi connectivity index (χ4n) is 5.50. The fourth-order valence-corrected chi connectivity index (χ4v) is 5.80. The van der Waals surface area contributed by atoms with Crippen molar-refractivity contribution < 1.29 is 14.4 Å². The number of halogens is 1. The maximum Gasteiger partial charge on any atom is 0.248 e. The van der Waals surface area contributed by atoms with E-state index in [1.807, 2.05) is 45.0 Å². The number of hydrogen-bond donors (Lipinski definition) is 1.